The van der Waals surface area contributed by atoms with Crippen molar-refractivity contribution in [2.45, 2.75) is 31.7 Å². The molecule has 30 heavy (non-hydrogen) atoms. The Balaban J connectivity index is 1.71. The van der Waals surface area contributed by atoms with Crippen molar-refractivity contribution in [2.24, 2.45) is 0 Å². The van der Waals surface area contributed by atoms with Crippen molar-refractivity contribution in [3.05, 3.63) is 83.2 Å². The van der Waals surface area contributed by atoms with Gasteiger partial charge in [0.15, 0.2) is 11.5 Å². The predicted molar refractivity (Wildman–Crippen MR) is 107 cm³/mol. The van der Waals surface area contributed by atoms with E-state index in [1.165, 1.54) is 7.11 Å². The van der Waals surface area contributed by atoms with E-state index < -0.39 is 11.7 Å². The molecule has 1 N–H and O–H groups in total. The number of aromatic hydroxyl groups is 1. The SMILES string of the molecule is COc1cc(CN2CCCn3cccc3[C@H]2c2ccc(C(F)(F)F)cc2)ccc1O. The van der Waals surface area contributed by atoms with E-state index >= 15 is 0 Å². The van der Waals surface area contributed by atoms with E-state index in [4.69, 9.17) is 4.74 Å². The summed E-state index contributed by atoms with van der Waals surface area (Å²) in [6.45, 7) is 2.22. The third kappa shape index (κ3) is 4.03. The van der Waals surface area contributed by atoms with Crippen LogP contribution in [0.1, 0.15) is 34.8 Å². The van der Waals surface area contributed by atoms with Crippen molar-refractivity contribution in [1.82, 2.24) is 9.47 Å². The van der Waals surface area contributed by atoms with Gasteiger partial charge in [-0.25, -0.2) is 0 Å². The summed E-state index contributed by atoms with van der Waals surface area (Å²) in [5.41, 5.74) is 2.18. The fraction of sp³-hybridized carbons (Fsp3) is 0.304. The molecule has 2 heterocycles. The first-order valence-electron chi connectivity index (χ1n) is 9.79. The van der Waals surface area contributed by atoms with Gasteiger partial charge < -0.3 is 14.4 Å². The summed E-state index contributed by atoms with van der Waals surface area (Å²) in [7, 11) is 1.50. The number of aromatic nitrogens is 1. The Morgan fingerprint density at radius 2 is 1.83 bits per heavy atom. The Morgan fingerprint density at radius 3 is 2.53 bits per heavy atom. The van der Waals surface area contributed by atoms with E-state index in [0.29, 0.717) is 12.3 Å². The summed E-state index contributed by atoms with van der Waals surface area (Å²) in [5.74, 6) is 0.474. The Kier molecular flexibility index (Phi) is 5.47. The van der Waals surface area contributed by atoms with Gasteiger partial charge >= 0.3 is 6.18 Å². The number of halogens is 3. The van der Waals surface area contributed by atoms with Crippen LogP contribution < -0.4 is 4.74 Å². The highest BCUT2D eigenvalue weighted by Crippen LogP contribution is 2.36. The second-order valence-corrected chi connectivity index (χ2v) is 7.48. The minimum atomic E-state index is -4.36. The summed E-state index contributed by atoms with van der Waals surface area (Å²) < 4.78 is 46.5. The van der Waals surface area contributed by atoms with Crippen LogP contribution in [0, 0.1) is 0 Å². The molecule has 0 amide bonds. The molecule has 3 aromatic rings. The first-order valence-corrected chi connectivity index (χ1v) is 9.79. The number of hydrogen-bond acceptors (Lipinski definition) is 3. The quantitative estimate of drug-likeness (QED) is 0.634. The molecule has 1 aromatic heterocycles. The highest BCUT2D eigenvalue weighted by molar-refractivity contribution is 5.42. The summed E-state index contributed by atoms with van der Waals surface area (Å²) >= 11 is 0. The van der Waals surface area contributed by atoms with Gasteiger partial charge in [-0.1, -0.05) is 18.2 Å². The highest BCUT2D eigenvalue weighted by atomic mass is 19.4. The van der Waals surface area contributed by atoms with Gasteiger partial charge in [-0.15, -0.1) is 0 Å². The topological polar surface area (TPSA) is 37.6 Å². The summed E-state index contributed by atoms with van der Waals surface area (Å²) in [6, 6.07) is 14.5. The third-order valence-electron chi connectivity index (χ3n) is 5.54. The van der Waals surface area contributed by atoms with Crippen LogP contribution in [0.25, 0.3) is 0 Å². The molecule has 1 aliphatic rings. The van der Waals surface area contributed by atoms with Crippen LogP contribution in [-0.4, -0.2) is 28.2 Å². The molecule has 158 valence electrons. The number of phenolic OH excluding ortho intramolecular Hbond substituents is 1. The zero-order valence-electron chi connectivity index (χ0n) is 16.6. The van der Waals surface area contributed by atoms with Crippen LogP contribution >= 0.6 is 0 Å². The van der Waals surface area contributed by atoms with Crippen molar-refractivity contribution in [1.29, 1.82) is 0 Å². The van der Waals surface area contributed by atoms with Crippen molar-refractivity contribution in [3.63, 3.8) is 0 Å². The highest BCUT2D eigenvalue weighted by Gasteiger charge is 2.32. The average molecular weight is 416 g/mol. The number of rotatable bonds is 4. The Hall–Kier alpha value is -2.93. The number of fused-ring (bicyclic) bond motifs is 1. The number of aryl methyl sites for hydroxylation is 1. The van der Waals surface area contributed by atoms with E-state index in [1.54, 1.807) is 24.3 Å². The molecular formula is C23H23F3N2O2. The molecular weight excluding hydrogens is 393 g/mol. The molecule has 0 bridgehead atoms. The van der Waals surface area contributed by atoms with Gasteiger partial charge in [0.25, 0.3) is 0 Å². The lowest BCUT2D eigenvalue weighted by atomic mass is 9.99. The van der Waals surface area contributed by atoms with Gasteiger partial charge in [0.1, 0.15) is 0 Å². The smallest absolute Gasteiger partial charge is 0.416 e. The number of benzene rings is 2. The molecule has 7 heteroatoms. The van der Waals surface area contributed by atoms with Gasteiger partial charge in [0.2, 0.25) is 0 Å². The zero-order chi connectivity index (χ0) is 21.3. The lowest BCUT2D eigenvalue weighted by molar-refractivity contribution is -0.137. The maximum atomic E-state index is 13.0. The zero-order valence-corrected chi connectivity index (χ0v) is 16.6. The molecule has 0 unspecified atom stereocenters. The first-order chi connectivity index (χ1) is 14.4. The maximum Gasteiger partial charge on any atom is 0.416 e. The summed E-state index contributed by atoms with van der Waals surface area (Å²) in [4.78, 5) is 2.26. The second-order valence-electron chi connectivity index (χ2n) is 7.48. The molecule has 0 saturated heterocycles. The number of nitrogens with zero attached hydrogens (tertiary/aromatic N) is 2. The van der Waals surface area contributed by atoms with E-state index in [2.05, 4.69) is 9.47 Å². The maximum absolute atomic E-state index is 13.0. The standard InChI is InChI=1S/C23H23F3N2O2/c1-30-21-14-16(5-10-20(21)29)15-28-13-3-12-27-11-2-4-19(27)22(28)17-6-8-18(9-7-17)23(24,25)26/h2,4-11,14,22,29H,3,12-13,15H2,1H3/t22-/m1/s1. The number of hydrogen-bond donors (Lipinski definition) is 1. The molecule has 2 aromatic carbocycles. The van der Waals surface area contributed by atoms with Gasteiger partial charge in [0, 0.05) is 31.5 Å². The van der Waals surface area contributed by atoms with Crippen LogP contribution in [0.3, 0.4) is 0 Å². The fourth-order valence-electron chi connectivity index (χ4n) is 4.10. The molecule has 0 spiro atoms. The van der Waals surface area contributed by atoms with Crippen LogP contribution in [0.5, 0.6) is 11.5 Å². The van der Waals surface area contributed by atoms with Gasteiger partial charge in [0.05, 0.1) is 18.7 Å². The third-order valence-corrected chi connectivity index (χ3v) is 5.54. The Labute approximate surface area is 173 Å². The van der Waals surface area contributed by atoms with Crippen molar-refractivity contribution >= 4 is 0 Å². The lowest BCUT2D eigenvalue weighted by Crippen LogP contribution is -2.29. The molecule has 4 nitrogen and oxygen atoms in total. The van der Waals surface area contributed by atoms with Crippen LogP contribution in [0.2, 0.25) is 0 Å². The molecule has 1 atom stereocenters. The number of phenols is 1. The minimum absolute atomic E-state index is 0.0743. The predicted octanol–water partition coefficient (Wildman–Crippen LogP) is 5.22. The largest absolute Gasteiger partial charge is 0.504 e. The van der Waals surface area contributed by atoms with Gasteiger partial charge in [-0.3, -0.25) is 4.90 Å². The first kappa shape index (κ1) is 20.3. The molecule has 0 radical (unpaired) electrons. The number of ether oxygens (including phenoxy) is 1. The van der Waals surface area contributed by atoms with Crippen LogP contribution in [0.15, 0.2) is 60.8 Å². The van der Waals surface area contributed by atoms with E-state index in [1.807, 2.05) is 24.4 Å². The monoisotopic (exact) mass is 416 g/mol. The molecule has 0 saturated carbocycles. The van der Waals surface area contributed by atoms with Crippen LogP contribution in [-0.2, 0) is 19.3 Å². The fourth-order valence-corrected chi connectivity index (χ4v) is 4.10. The van der Waals surface area contributed by atoms with Gasteiger partial charge in [-0.05, 0) is 53.9 Å². The lowest BCUT2D eigenvalue weighted by Gasteiger charge is -2.31. The molecule has 1 aliphatic heterocycles. The molecule has 0 fully saturated rings. The normalized spacial score (nSPS) is 17.4. The number of methoxy groups -OCH3 is 1. The van der Waals surface area contributed by atoms with Crippen molar-refractivity contribution < 1.29 is 23.0 Å². The molecule has 0 aliphatic carbocycles. The van der Waals surface area contributed by atoms with E-state index in [-0.39, 0.29) is 11.8 Å². The second kappa shape index (κ2) is 8.07. The Bertz CT molecular complexity index is 1010. The van der Waals surface area contributed by atoms with Gasteiger partial charge in [-0.2, -0.15) is 13.2 Å². The Morgan fingerprint density at radius 1 is 1.07 bits per heavy atom. The number of alkyl halides is 3. The van der Waals surface area contributed by atoms with E-state index in [0.717, 1.165) is 48.5 Å². The molecule has 4 rings (SSSR count). The minimum Gasteiger partial charge on any atom is -0.504 e. The van der Waals surface area contributed by atoms with E-state index in [9.17, 15) is 18.3 Å². The summed E-state index contributed by atoms with van der Waals surface area (Å²) in [6.07, 6.45) is -1.42. The average Bonchev–Trinajstić information content (AvgIpc) is 3.10. The van der Waals surface area contributed by atoms with Crippen molar-refractivity contribution in [2.75, 3.05) is 13.7 Å². The van der Waals surface area contributed by atoms with Crippen LogP contribution in [0.4, 0.5) is 13.2 Å². The van der Waals surface area contributed by atoms with Crippen molar-refractivity contribution in [3.8, 4) is 11.5 Å². The summed E-state index contributed by atoms with van der Waals surface area (Å²) in [5, 5.41) is 9.88.